The lowest BCUT2D eigenvalue weighted by molar-refractivity contribution is -0.123. The average Bonchev–Trinajstić information content (AvgIpc) is 3.20. The second kappa shape index (κ2) is 6.46. The third kappa shape index (κ3) is 3.10. The predicted molar refractivity (Wildman–Crippen MR) is 85.2 cm³/mol. The number of para-hydroxylation sites is 1. The van der Waals surface area contributed by atoms with Gasteiger partial charge in [-0.1, -0.05) is 18.2 Å². The van der Waals surface area contributed by atoms with Crippen LogP contribution in [0.25, 0.3) is 0 Å². The summed E-state index contributed by atoms with van der Waals surface area (Å²) in [5.41, 5.74) is 1.19. The number of carbonyl (C=O) groups excluding carboxylic acids is 1. The number of hydrogen-bond donors (Lipinski definition) is 2. The SMILES string of the molecule is COc1ccccc1C1(C(=O)NCCC(O)c2ccoc2)CC1. The van der Waals surface area contributed by atoms with Crippen LogP contribution in [0.2, 0.25) is 0 Å². The van der Waals surface area contributed by atoms with E-state index in [1.165, 1.54) is 12.5 Å². The van der Waals surface area contributed by atoms with E-state index in [4.69, 9.17) is 9.15 Å². The molecule has 1 heterocycles. The predicted octanol–water partition coefficient (Wildman–Crippen LogP) is 2.56. The van der Waals surface area contributed by atoms with Crippen molar-refractivity contribution in [2.75, 3.05) is 13.7 Å². The molecule has 1 unspecified atom stereocenters. The van der Waals surface area contributed by atoms with Crippen molar-refractivity contribution in [3.05, 3.63) is 54.0 Å². The van der Waals surface area contributed by atoms with Crippen LogP contribution in [-0.2, 0) is 10.2 Å². The summed E-state index contributed by atoms with van der Waals surface area (Å²) in [7, 11) is 1.62. The molecule has 0 radical (unpaired) electrons. The molecule has 1 aromatic carbocycles. The van der Waals surface area contributed by atoms with Gasteiger partial charge in [-0.05, 0) is 31.4 Å². The Kier molecular flexibility index (Phi) is 4.39. The van der Waals surface area contributed by atoms with E-state index in [0.29, 0.717) is 13.0 Å². The number of ether oxygens (including phenoxy) is 1. The third-order valence-corrected chi connectivity index (χ3v) is 4.44. The second-order valence-corrected chi connectivity index (χ2v) is 5.90. The van der Waals surface area contributed by atoms with Crippen LogP contribution < -0.4 is 10.1 Å². The van der Waals surface area contributed by atoms with E-state index < -0.39 is 11.5 Å². The van der Waals surface area contributed by atoms with E-state index in [1.54, 1.807) is 13.2 Å². The Morgan fingerprint density at radius 1 is 1.39 bits per heavy atom. The van der Waals surface area contributed by atoms with Crippen molar-refractivity contribution in [1.29, 1.82) is 0 Å². The van der Waals surface area contributed by atoms with E-state index in [9.17, 15) is 9.90 Å². The van der Waals surface area contributed by atoms with E-state index >= 15 is 0 Å². The number of aliphatic hydroxyl groups excluding tert-OH is 1. The molecule has 1 aliphatic carbocycles. The quantitative estimate of drug-likeness (QED) is 0.824. The zero-order chi connectivity index (χ0) is 16.3. The Balaban J connectivity index is 1.60. The van der Waals surface area contributed by atoms with Gasteiger partial charge in [-0.25, -0.2) is 0 Å². The number of aliphatic hydroxyl groups is 1. The van der Waals surface area contributed by atoms with Crippen molar-refractivity contribution in [3.63, 3.8) is 0 Å². The average molecular weight is 315 g/mol. The molecule has 1 aliphatic rings. The zero-order valence-corrected chi connectivity index (χ0v) is 13.1. The number of nitrogens with one attached hydrogen (secondary N) is 1. The summed E-state index contributed by atoms with van der Waals surface area (Å²) in [6, 6.07) is 9.38. The lowest BCUT2D eigenvalue weighted by Crippen LogP contribution is -2.36. The van der Waals surface area contributed by atoms with Gasteiger partial charge in [0.15, 0.2) is 0 Å². The number of benzene rings is 1. The molecule has 2 aromatic rings. The van der Waals surface area contributed by atoms with Gasteiger partial charge in [0, 0.05) is 17.7 Å². The van der Waals surface area contributed by atoms with Crippen molar-refractivity contribution < 1.29 is 19.1 Å². The monoisotopic (exact) mass is 315 g/mol. The van der Waals surface area contributed by atoms with E-state index in [-0.39, 0.29) is 5.91 Å². The summed E-state index contributed by atoms with van der Waals surface area (Å²) < 4.78 is 10.3. The van der Waals surface area contributed by atoms with Crippen LogP contribution in [0.15, 0.2) is 47.3 Å². The highest BCUT2D eigenvalue weighted by molar-refractivity contribution is 5.92. The first-order valence-electron chi connectivity index (χ1n) is 7.79. The molecule has 3 rings (SSSR count). The first-order chi connectivity index (χ1) is 11.2. The first kappa shape index (κ1) is 15.6. The maximum atomic E-state index is 12.6. The fraction of sp³-hybridized carbons (Fsp3) is 0.389. The van der Waals surface area contributed by atoms with Crippen molar-refractivity contribution in [3.8, 4) is 5.75 Å². The molecule has 5 heteroatoms. The maximum Gasteiger partial charge on any atom is 0.230 e. The van der Waals surface area contributed by atoms with Crippen molar-refractivity contribution in [2.24, 2.45) is 0 Å². The van der Waals surface area contributed by atoms with Gasteiger partial charge in [-0.2, -0.15) is 0 Å². The van der Waals surface area contributed by atoms with Gasteiger partial charge in [0.1, 0.15) is 5.75 Å². The van der Waals surface area contributed by atoms with Crippen molar-refractivity contribution >= 4 is 5.91 Å². The van der Waals surface area contributed by atoms with Crippen molar-refractivity contribution in [2.45, 2.75) is 30.8 Å². The minimum atomic E-state index is -0.629. The van der Waals surface area contributed by atoms with Crippen LogP contribution in [0.1, 0.15) is 36.5 Å². The molecule has 0 spiro atoms. The molecule has 1 amide bonds. The van der Waals surface area contributed by atoms with Crippen LogP contribution in [-0.4, -0.2) is 24.7 Å². The van der Waals surface area contributed by atoms with Gasteiger partial charge in [0.25, 0.3) is 0 Å². The molecule has 122 valence electrons. The van der Waals surface area contributed by atoms with E-state index in [2.05, 4.69) is 5.32 Å². The Morgan fingerprint density at radius 2 is 2.17 bits per heavy atom. The minimum Gasteiger partial charge on any atom is -0.496 e. The number of carbonyl (C=O) groups is 1. The highest BCUT2D eigenvalue weighted by atomic mass is 16.5. The molecule has 1 aromatic heterocycles. The molecule has 23 heavy (non-hydrogen) atoms. The number of methoxy groups -OCH3 is 1. The Morgan fingerprint density at radius 3 is 2.83 bits per heavy atom. The third-order valence-electron chi connectivity index (χ3n) is 4.44. The van der Waals surface area contributed by atoms with Gasteiger partial charge in [0.2, 0.25) is 5.91 Å². The number of furan rings is 1. The molecule has 0 bridgehead atoms. The van der Waals surface area contributed by atoms with Crippen LogP contribution >= 0.6 is 0 Å². The minimum absolute atomic E-state index is 0.00129. The molecule has 5 nitrogen and oxygen atoms in total. The number of rotatable bonds is 7. The Hall–Kier alpha value is -2.27. The highest BCUT2D eigenvalue weighted by Gasteiger charge is 2.52. The number of hydrogen-bond acceptors (Lipinski definition) is 4. The standard InChI is InChI=1S/C18H21NO4/c1-22-16-5-3-2-4-14(16)18(8-9-18)17(21)19-10-6-15(20)13-7-11-23-12-13/h2-5,7,11-12,15,20H,6,8-10H2,1H3,(H,19,21). The molecular formula is C18H21NO4. The summed E-state index contributed by atoms with van der Waals surface area (Å²) in [5, 5.41) is 13.0. The first-order valence-corrected chi connectivity index (χ1v) is 7.79. The molecule has 1 fully saturated rings. The van der Waals surface area contributed by atoms with Crippen molar-refractivity contribution in [1.82, 2.24) is 5.32 Å². The van der Waals surface area contributed by atoms with Gasteiger partial charge in [-0.15, -0.1) is 0 Å². The molecular weight excluding hydrogens is 294 g/mol. The van der Waals surface area contributed by atoms with E-state index in [1.807, 2.05) is 24.3 Å². The molecule has 1 atom stereocenters. The van der Waals surface area contributed by atoms with E-state index in [0.717, 1.165) is 29.7 Å². The van der Waals surface area contributed by atoms with Crippen LogP contribution in [0, 0.1) is 0 Å². The smallest absolute Gasteiger partial charge is 0.230 e. The zero-order valence-electron chi connectivity index (χ0n) is 13.1. The maximum absolute atomic E-state index is 12.6. The molecule has 2 N–H and O–H groups in total. The molecule has 1 saturated carbocycles. The van der Waals surface area contributed by atoms with Gasteiger partial charge < -0.3 is 19.6 Å². The lowest BCUT2D eigenvalue weighted by Gasteiger charge is -2.19. The second-order valence-electron chi connectivity index (χ2n) is 5.90. The molecule has 0 saturated heterocycles. The summed E-state index contributed by atoms with van der Waals surface area (Å²) >= 11 is 0. The normalized spacial score (nSPS) is 16.6. The summed E-state index contributed by atoms with van der Waals surface area (Å²) in [4.78, 5) is 12.6. The number of amides is 1. The summed E-state index contributed by atoms with van der Waals surface area (Å²) in [5.74, 6) is 0.750. The Labute approximate surface area is 135 Å². The lowest BCUT2D eigenvalue weighted by atomic mass is 9.94. The fourth-order valence-corrected chi connectivity index (χ4v) is 2.91. The van der Waals surface area contributed by atoms with Gasteiger partial charge in [-0.3, -0.25) is 4.79 Å². The Bertz CT molecular complexity index is 661. The summed E-state index contributed by atoms with van der Waals surface area (Å²) in [6.07, 6.45) is 4.51. The topological polar surface area (TPSA) is 71.7 Å². The van der Waals surface area contributed by atoms with Crippen LogP contribution in [0.4, 0.5) is 0 Å². The van der Waals surface area contributed by atoms with Crippen LogP contribution in [0.3, 0.4) is 0 Å². The van der Waals surface area contributed by atoms with Crippen LogP contribution in [0.5, 0.6) is 5.75 Å². The largest absolute Gasteiger partial charge is 0.496 e. The summed E-state index contributed by atoms with van der Waals surface area (Å²) in [6.45, 7) is 0.419. The fourth-order valence-electron chi connectivity index (χ4n) is 2.91. The van der Waals surface area contributed by atoms with Gasteiger partial charge >= 0.3 is 0 Å². The molecule has 0 aliphatic heterocycles. The van der Waals surface area contributed by atoms with Gasteiger partial charge in [0.05, 0.1) is 31.2 Å². The highest BCUT2D eigenvalue weighted by Crippen LogP contribution is 2.51.